The van der Waals surface area contributed by atoms with Gasteiger partial charge in [0.1, 0.15) is 5.40 Å². The summed E-state index contributed by atoms with van der Waals surface area (Å²) < 4.78 is 0. The van der Waals surface area contributed by atoms with Crippen LogP contribution in [-0.4, -0.2) is 5.78 Å². The molecular weight excluding hydrogens is 148 g/mol. The fourth-order valence-corrected chi connectivity index (χ4v) is 0.872. The van der Waals surface area contributed by atoms with E-state index in [1.165, 1.54) is 6.92 Å². The molecule has 0 aliphatic rings. The molecule has 54 valence electrons. The minimum Gasteiger partial charge on any atom is -0.401 e. The lowest BCUT2D eigenvalue weighted by molar-refractivity contribution is -0.113. The summed E-state index contributed by atoms with van der Waals surface area (Å²) in [7, 11) is 0. The summed E-state index contributed by atoms with van der Waals surface area (Å²) in [5.41, 5.74) is 5.71. The summed E-state index contributed by atoms with van der Waals surface area (Å²) in [6, 6.07) is 0. The molecule has 0 rings (SSSR count). The van der Waals surface area contributed by atoms with Gasteiger partial charge < -0.3 is 5.73 Å². The molecule has 2 N–H and O–H groups in total. The van der Waals surface area contributed by atoms with Gasteiger partial charge in [-0.2, -0.15) is 5.26 Å². The Bertz CT molecular complexity index is 210. The average Bonchev–Trinajstić information content (AvgIpc) is 1.81. The second kappa shape index (κ2) is 3.96. The maximum atomic E-state index is 10.7. The van der Waals surface area contributed by atoms with E-state index in [-0.39, 0.29) is 5.78 Å². The van der Waals surface area contributed by atoms with Crippen LogP contribution in [0.1, 0.15) is 13.8 Å². The molecule has 0 amide bonds. The third-order valence-electron chi connectivity index (χ3n) is 0.826. The Morgan fingerprint density at radius 3 is 2.20 bits per heavy atom. The van der Waals surface area contributed by atoms with Crippen LogP contribution in [0.3, 0.4) is 0 Å². The number of allylic oxidation sites excluding steroid dienone is 2. The Balaban J connectivity index is 4.48. The van der Waals surface area contributed by atoms with Gasteiger partial charge in [-0.25, -0.2) is 0 Å². The van der Waals surface area contributed by atoms with Crippen LogP contribution < -0.4 is 5.73 Å². The molecule has 0 aliphatic heterocycles. The fraction of sp³-hybridized carbons (Fsp3) is 0.333. The molecule has 0 atom stereocenters. The highest BCUT2D eigenvalue weighted by Crippen LogP contribution is 2.16. The van der Waals surface area contributed by atoms with E-state index in [9.17, 15) is 4.79 Å². The van der Waals surface area contributed by atoms with Crippen LogP contribution in [0, 0.1) is 10.7 Å². The Kier molecular flexibility index (Phi) is 3.59. The number of nitrogens with two attached hydrogens (primary N) is 1. The van der Waals surface area contributed by atoms with E-state index in [0.29, 0.717) is 10.6 Å². The zero-order chi connectivity index (χ0) is 8.15. The highest BCUT2D eigenvalue weighted by molar-refractivity contribution is 8.08. The quantitative estimate of drug-likeness (QED) is 0.478. The number of ketones is 1. The third-order valence-corrected chi connectivity index (χ3v) is 1.73. The van der Waals surface area contributed by atoms with Crippen LogP contribution in [0.15, 0.2) is 10.6 Å². The van der Waals surface area contributed by atoms with E-state index in [4.69, 9.17) is 11.0 Å². The number of Topliss-reactive ketones (excluding diaryl/α,β-unsaturated/α-hetero) is 1. The van der Waals surface area contributed by atoms with Crippen molar-refractivity contribution in [3.05, 3.63) is 10.6 Å². The molecule has 0 unspecified atom stereocenters. The first kappa shape index (κ1) is 9.05. The number of carbonyl (C=O) groups is 1. The van der Waals surface area contributed by atoms with Crippen molar-refractivity contribution in [3.8, 4) is 5.40 Å². The van der Waals surface area contributed by atoms with Crippen LogP contribution in [0.5, 0.6) is 0 Å². The highest BCUT2D eigenvalue weighted by atomic mass is 32.2. The second-order valence-electron chi connectivity index (χ2n) is 1.76. The molecule has 4 heteroatoms. The number of carbonyl (C=O) groups excluding carboxylic acids is 1. The molecular formula is C6H8N2OS. The van der Waals surface area contributed by atoms with Crippen LogP contribution in [0.25, 0.3) is 0 Å². The number of rotatable bonds is 2. The second-order valence-corrected chi connectivity index (χ2v) is 2.56. The predicted molar refractivity (Wildman–Crippen MR) is 40.8 cm³/mol. The van der Waals surface area contributed by atoms with Gasteiger partial charge in [0, 0.05) is 5.70 Å². The van der Waals surface area contributed by atoms with E-state index >= 15 is 0 Å². The first-order valence-electron chi connectivity index (χ1n) is 2.62. The summed E-state index contributed by atoms with van der Waals surface area (Å²) in [6.07, 6.45) is 0. The average molecular weight is 156 g/mol. The first-order chi connectivity index (χ1) is 4.59. The summed E-state index contributed by atoms with van der Waals surface area (Å²) in [6.45, 7) is 2.98. The lowest BCUT2D eigenvalue weighted by Crippen LogP contribution is -2.02. The third kappa shape index (κ3) is 2.55. The zero-order valence-electron chi connectivity index (χ0n) is 5.84. The smallest absolute Gasteiger partial charge is 0.168 e. The SMILES string of the molecule is CC(=O)/C(SC#N)=C(\C)N. The number of nitrogens with zero attached hydrogens (tertiary/aromatic N) is 1. The van der Waals surface area contributed by atoms with Gasteiger partial charge in [0.2, 0.25) is 0 Å². The molecule has 3 nitrogen and oxygen atoms in total. The predicted octanol–water partition coefficient (Wildman–Crippen LogP) is 0.980. The Labute approximate surface area is 63.9 Å². The maximum Gasteiger partial charge on any atom is 0.168 e. The Hall–Kier alpha value is -0.950. The monoisotopic (exact) mass is 156 g/mol. The van der Waals surface area contributed by atoms with Gasteiger partial charge in [-0.3, -0.25) is 4.79 Å². The fourth-order valence-electron chi connectivity index (χ4n) is 0.476. The molecule has 10 heavy (non-hydrogen) atoms. The number of hydrogen-bond donors (Lipinski definition) is 1. The van der Waals surface area contributed by atoms with E-state index < -0.39 is 0 Å². The van der Waals surface area contributed by atoms with Crippen molar-refractivity contribution in [2.75, 3.05) is 0 Å². The normalized spacial score (nSPS) is 11.7. The molecule has 0 heterocycles. The molecule has 0 spiro atoms. The van der Waals surface area contributed by atoms with Crippen molar-refractivity contribution in [2.45, 2.75) is 13.8 Å². The summed E-state index contributed by atoms with van der Waals surface area (Å²) in [5.74, 6) is -0.161. The maximum absolute atomic E-state index is 10.7. The molecule has 0 saturated carbocycles. The van der Waals surface area contributed by atoms with Gasteiger partial charge in [-0.15, -0.1) is 0 Å². The van der Waals surface area contributed by atoms with Crippen LogP contribution in [0.4, 0.5) is 0 Å². The minimum atomic E-state index is -0.161. The number of nitriles is 1. The lowest BCUT2D eigenvalue weighted by Gasteiger charge is -1.96. The van der Waals surface area contributed by atoms with E-state index in [1.54, 1.807) is 12.3 Å². The molecule has 0 radical (unpaired) electrons. The van der Waals surface area contributed by atoms with Gasteiger partial charge >= 0.3 is 0 Å². The summed E-state index contributed by atoms with van der Waals surface area (Å²) >= 11 is 0.803. The topological polar surface area (TPSA) is 66.9 Å². The van der Waals surface area contributed by atoms with Crippen molar-refractivity contribution >= 4 is 17.5 Å². The van der Waals surface area contributed by atoms with Crippen molar-refractivity contribution in [1.82, 2.24) is 0 Å². The molecule has 0 aromatic rings. The van der Waals surface area contributed by atoms with Crippen LogP contribution in [0.2, 0.25) is 0 Å². The molecule has 0 fully saturated rings. The Morgan fingerprint density at radius 1 is 1.60 bits per heavy atom. The van der Waals surface area contributed by atoms with Gasteiger partial charge in [0.25, 0.3) is 0 Å². The van der Waals surface area contributed by atoms with Gasteiger partial charge in [0.05, 0.1) is 4.91 Å². The molecule has 0 bridgehead atoms. The summed E-state index contributed by atoms with van der Waals surface area (Å²) in [5, 5.41) is 9.99. The molecule has 0 saturated heterocycles. The van der Waals surface area contributed by atoms with Gasteiger partial charge in [-0.1, -0.05) is 0 Å². The molecule has 0 aromatic carbocycles. The molecule has 0 aliphatic carbocycles. The van der Waals surface area contributed by atoms with Crippen LogP contribution in [-0.2, 0) is 4.79 Å². The lowest BCUT2D eigenvalue weighted by atomic mass is 10.3. The minimum absolute atomic E-state index is 0.161. The van der Waals surface area contributed by atoms with Crippen molar-refractivity contribution in [1.29, 1.82) is 5.26 Å². The van der Waals surface area contributed by atoms with Gasteiger partial charge in [-0.05, 0) is 25.6 Å². The standard InChI is InChI=1S/C6H8N2OS/c1-4(8)6(5(2)9)10-3-7/h8H2,1-2H3/b6-4-. The van der Waals surface area contributed by atoms with Crippen molar-refractivity contribution in [2.24, 2.45) is 5.73 Å². The first-order valence-corrected chi connectivity index (χ1v) is 3.44. The van der Waals surface area contributed by atoms with E-state index in [2.05, 4.69) is 0 Å². The number of thioether (sulfide) groups is 1. The highest BCUT2D eigenvalue weighted by Gasteiger charge is 2.05. The Morgan fingerprint density at radius 2 is 2.10 bits per heavy atom. The van der Waals surface area contributed by atoms with Crippen LogP contribution >= 0.6 is 11.8 Å². The van der Waals surface area contributed by atoms with E-state index in [0.717, 1.165) is 11.8 Å². The van der Waals surface area contributed by atoms with Crippen molar-refractivity contribution < 1.29 is 4.79 Å². The number of thiocyanates is 1. The largest absolute Gasteiger partial charge is 0.401 e. The molecule has 0 aromatic heterocycles. The van der Waals surface area contributed by atoms with Gasteiger partial charge in [0.15, 0.2) is 5.78 Å². The zero-order valence-corrected chi connectivity index (χ0v) is 6.66. The summed E-state index contributed by atoms with van der Waals surface area (Å²) in [4.78, 5) is 11.0. The van der Waals surface area contributed by atoms with E-state index in [1.807, 2.05) is 0 Å². The number of hydrogen-bond acceptors (Lipinski definition) is 4. The van der Waals surface area contributed by atoms with Crippen molar-refractivity contribution in [3.63, 3.8) is 0 Å².